The van der Waals surface area contributed by atoms with E-state index in [0.29, 0.717) is 18.8 Å². The van der Waals surface area contributed by atoms with Gasteiger partial charge in [0.05, 0.1) is 5.92 Å². The monoisotopic (exact) mass is 269 g/mol. The van der Waals surface area contributed by atoms with Crippen molar-refractivity contribution >= 4 is 11.8 Å². The smallest absolute Gasteiger partial charge is 0.314 e. The van der Waals surface area contributed by atoms with Gasteiger partial charge in [0.15, 0.2) is 0 Å². The number of alkyl halides is 3. The van der Waals surface area contributed by atoms with Crippen LogP contribution in [0.25, 0.3) is 0 Å². The molecule has 1 rings (SSSR count). The zero-order chi connectivity index (χ0) is 12.9. The van der Waals surface area contributed by atoms with Crippen LogP contribution < -0.4 is 5.32 Å². The van der Waals surface area contributed by atoms with Crippen LogP contribution in [0.1, 0.15) is 32.6 Å². The first-order valence-electron chi connectivity index (χ1n) is 6.22. The summed E-state index contributed by atoms with van der Waals surface area (Å²) in [6.45, 7) is 2.96. The van der Waals surface area contributed by atoms with Gasteiger partial charge in [-0.25, -0.2) is 0 Å². The number of halogens is 3. The summed E-state index contributed by atoms with van der Waals surface area (Å²) in [5.41, 5.74) is 0. The topological polar surface area (TPSA) is 12.0 Å². The molecule has 1 fully saturated rings. The molecular formula is C12H22F3NS. The molecular weight excluding hydrogens is 247 g/mol. The Kier molecular flexibility index (Phi) is 6.13. The van der Waals surface area contributed by atoms with Crippen molar-refractivity contribution in [1.29, 1.82) is 0 Å². The Morgan fingerprint density at radius 1 is 1.35 bits per heavy atom. The maximum atomic E-state index is 12.6. The molecule has 1 aliphatic carbocycles. The van der Waals surface area contributed by atoms with Crippen molar-refractivity contribution in [3.05, 3.63) is 0 Å². The lowest BCUT2D eigenvalue weighted by Gasteiger charge is -2.31. The van der Waals surface area contributed by atoms with Crippen molar-refractivity contribution in [1.82, 2.24) is 5.32 Å². The molecule has 0 amide bonds. The lowest BCUT2D eigenvalue weighted by molar-refractivity contribution is -0.183. The predicted octanol–water partition coefficient (Wildman–Crippen LogP) is 3.70. The van der Waals surface area contributed by atoms with Gasteiger partial charge < -0.3 is 5.32 Å². The first-order valence-corrected chi connectivity index (χ1v) is 7.62. The summed E-state index contributed by atoms with van der Waals surface area (Å²) in [5, 5.41) is 3.29. The second-order valence-electron chi connectivity index (χ2n) is 5.07. The molecule has 0 bridgehead atoms. The molecule has 0 aromatic rings. The third kappa shape index (κ3) is 5.51. The molecule has 0 aliphatic heterocycles. The number of thioether (sulfide) groups is 1. The number of rotatable bonds is 5. The fourth-order valence-corrected chi connectivity index (χ4v) is 3.07. The Hall–Kier alpha value is 0.100. The minimum Gasteiger partial charge on any atom is -0.314 e. The van der Waals surface area contributed by atoms with E-state index in [4.69, 9.17) is 0 Å². The van der Waals surface area contributed by atoms with E-state index in [0.717, 1.165) is 18.7 Å². The third-order valence-electron chi connectivity index (χ3n) is 3.34. The molecule has 0 spiro atoms. The standard InChI is InChI=1S/C12H22F3NS/c1-9(8-17-2)7-16-11-5-3-4-10(6-11)12(13,14)15/h9-11,16H,3-8H2,1-2H3. The summed E-state index contributed by atoms with van der Waals surface area (Å²) in [4.78, 5) is 0. The van der Waals surface area contributed by atoms with Crippen molar-refractivity contribution in [2.24, 2.45) is 11.8 Å². The van der Waals surface area contributed by atoms with Crippen molar-refractivity contribution in [2.75, 3.05) is 18.6 Å². The van der Waals surface area contributed by atoms with Crippen LogP contribution in [-0.2, 0) is 0 Å². The number of hydrogen-bond donors (Lipinski definition) is 1. The van der Waals surface area contributed by atoms with Crippen LogP contribution >= 0.6 is 11.8 Å². The predicted molar refractivity (Wildman–Crippen MR) is 67.3 cm³/mol. The summed E-state index contributed by atoms with van der Waals surface area (Å²) >= 11 is 1.78. The molecule has 3 unspecified atom stereocenters. The SMILES string of the molecule is CSCC(C)CNC1CCCC(C(F)(F)F)C1. The molecule has 1 N–H and O–H groups in total. The quantitative estimate of drug-likeness (QED) is 0.817. The molecule has 0 aromatic heterocycles. The molecule has 102 valence electrons. The summed E-state index contributed by atoms with van der Waals surface area (Å²) in [7, 11) is 0. The van der Waals surface area contributed by atoms with Crippen molar-refractivity contribution in [3.63, 3.8) is 0 Å². The van der Waals surface area contributed by atoms with E-state index in [2.05, 4.69) is 18.5 Å². The molecule has 1 nitrogen and oxygen atoms in total. The number of nitrogens with one attached hydrogen (secondary N) is 1. The minimum atomic E-state index is -4.01. The highest BCUT2D eigenvalue weighted by Crippen LogP contribution is 2.37. The second kappa shape index (κ2) is 6.88. The lowest BCUT2D eigenvalue weighted by atomic mass is 9.85. The van der Waals surface area contributed by atoms with Crippen LogP contribution in [0, 0.1) is 11.8 Å². The van der Waals surface area contributed by atoms with Gasteiger partial charge in [0.2, 0.25) is 0 Å². The Bertz CT molecular complexity index is 220. The fourth-order valence-electron chi connectivity index (χ4n) is 2.38. The van der Waals surface area contributed by atoms with Crippen molar-refractivity contribution in [2.45, 2.75) is 44.8 Å². The fraction of sp³-hybridized carbons (Fsp3) is 1.00. The van der Waals surface area contributed by atoms with Gasteiger partial charge in [0, 0.05) is 6.04 Å². The maximum absolute atomic E-state index is 12.6. The van der Waals surface area contributed by atoms with Gasteiger partial charge in [0.1, 0.15) is 0 Å². The van der Waals surface area contributed by atoms with Crippen LogP contribution in [0.2, 0.25) is 0 Å². The number of hydrogen-bond acceptors (Lipinski definition) is 2. The minimum absolute atomic E-state index is 0.0553. The van der Waals surface area contributed by atoms with Gasteiger partial charge in [-0.1, -0.05) is 13.3 Å². The van der Waals surface area contributed by atoms with E-state index in [1.54, 1.807) is 11.8 Å². The van der Waals surface area contributed by atoms with E-state index in [1.807, 2.05) is 0 Å². The Morgan fingerprint density at radius 2 is 2.06 bits per heavy atom. The molecule has 3 atom stereocenters. The van der Waals surface area contributed by atoms with Gasteiger partial charge in [0.25, 0.3) is 0 Å². The summed E-state index contributed by atoms with van der Waals surface area (Å²) in [5.74, 6) is 0.489. The zero-order valence-electron chi connectivity index (χ0n) is 10.5. The largest absolute Gasteiger partial charge is 0.391 e. The van der Waals surface area contributed by atoms with Crippen LogP contribution in [0.5, 0.6) is 0 Å². The zero-order valence-corrected chi connectivity index (χ0v) is 11.3. The Morgan fingerprint density at radius 3 is 2.65 bits per heavy atom. The van der Waals surface area contributed by atoms with E-state index in [1.165, 1.54) is 0 Å². The first kappa shape index (κ1) is 15.2. The molecule has 5 heteroatoms. The molecule has 17 heavy (non-hydrogen) atoms. The summed E-state index contributed by atoms with van der Waals surface area (Å²) < 4.78 is 37.8. The molecule has 0 radical (unpaired) electrons. The van der Waals surface area contributed by atoms with E-state index in [-0.39, 0.29) is 12.5 Å². The third-order valence-corrected chi connectivity index (χ3v) is 4.25. The highest BCUT2D eigenvalue weighted by Gasteiger charge is 2.41. The second-order valence-corrected chi connectivity index (χ2v) is 5.98. The van der Waals surface area contributed by atoms with Crippen molar-refractivity contribution in [3.8, 4) is 0 Å². The highest BCUT2D eigenvalue weighted by atomic mass is 32.2. The van der Waals surface area contributed by atoms with Crippen LogP contribution in [0.15, 0.2) is 0 Å². The maximum Gasteiger partial charge on any atom is 0.391 e. The molecule has 0 heterocycles. The van der Waals surface area contributed by atoms with E-state index >= 15 is 0 Å². The summed E-state index contributed by atoms with van der Waals surface area (Å²) in [6.07, 6.45) is 0.191. The normalized spacial score (nSPS) is 28.1. The van der Waals surface area contributed by atoms with Gasteiger partial charge in [-0.15, -0.1) is 0 Å². The average Bonchev–Trinajstić information content (AvgIpc) is 2.26. The van der Waals surface area contributed by atoms with E-state index in [9.17, 15) is 13.2 Å². The van der Waals surface area contributed by atoms with Gasteiger partial charge in [-0.2, -0.15) is 24.9 Å². The Labute approximate surface area is 106 Å². The van der Waals surface area contributed by atoms with Crippen LogP contribution in [0.4, 0.5) is 13.2 Å². The highest BCUT2D eigenvalue weighted by molar-refractivity contribution is 7.98. The Balaban J connectivity index is 2.30. The van der Waals surface area contributed by atoms with E-state index < -0.39 is 12.1 Å². The molecule has 1 aliphatic rings. The van der Waals surface area contributed by atoms with Crippen molar-refractivity contribution < 1.29 is 13.2 Å². The van der Waals surface area contributed by atoms with Gasteiger partial charge >= 0.3 is 6.18 Å². The molecule has 0 saturated heterocycles. The lowest BCUT2D eigenvalue weighted by Crippen LogP contribution is -2.40. The average molecular weight is 269 g/mol. The first-order chi connectivity index (χ1) is 7.93. The van der Waals surface area contributed by atoms with Gasteiger partial charge in [-0.05, 0) is 43.7 Å². The van der Waals surface area contributed by atoms with Crippen LogP contribution in [0.3, 0.4) is 0 Å². The molecule has 1 saturated carbocycles. The summed E-state index contributed by atoms with van der Waals surface area (Å²) in [6, 6.07) is 0.0553. The van der Waals surface area contributed by atoms with Crippen LogP contribution in [-0.4, -0.2) is 30.8 Å². The molecule has 0 aromatic carbocycles. The van der Waals surface area contributed by atoms with Gasteiger partial charge in [-0.3, -0.25) is 0 Å².